The van der Waals surface area contributed by atoms with Gasteiger partial charge in [-0.3, -0.25) is 9.59 Å². The topological polar surface area (TPSA) is 43.9 Å². The number of hydrogen-bond donors (Lipinski definition) is 0. The molecule has 40 heavy (non-hydrogen) atoms. The van der Waals surface area contributed by atoms with E-state index in [1.165, 1.54) is 43.2 Å². The van der Waals surface area contributed by atoms with Crippen molar-refractivity contribution < 1.29 is 9.59 Å². The van der Waals surface area contributed by atoms with Crippen molar-refractivity contribution in [2.75, 3.05) is 39.3 Å². The first-order chi connectivity index (χ1) is 19.5. The fraction of sp³-hybridized carbons (Fsp3) is 0.588. The average Bonchev–Trinajstić information content (AvgIpc) is 3.54. The molecule has 0 N–H and O–H groups in total. The van der Waals surface area contributed by atoms with E-state index in [1.807, 2.05) is 0 Å². The van der Waals surface area contributed by atoms with Gasteiger partial charge in [0.25, 0.3) is 0 Å². The predicted octanol–water partition coefficient (Wildman–Crippen LogP) is 6.48. The Kier molecular flexibility index (Phi) is 8.64. The molecule has 0 radical (unpaired) electrons. The van der Waals surface area contributed by atoms with Crippen molar-refractivity contribution in [2.45, 2.75) is 70.3 Å². The van der Waals surface area contributed by atoms with Gasteiger partial charge in [-0.15, -0.1) is 0 Å². The van der Waals surface area contributed by atoms with Gasteiger partial charge in [-0.2, -0.15) is 0 Å². The highest BCUT2D eigenvalue weighted by Crippen LogP contribution is 2.43. The average molecular weight is 607 g/mol. The molecule has 1 spiro atoms. The molecular weight excluding hydrogens is 562 g/mol. The van der Waals surface area contributed by atoms with Crippen LogP contribution in [-0.4, -0.2) is 65.8 Å². The molecule has 5 nitrogen and oxygen atoms in total. The molecule has 2 aromatic rings. The molecule has 6 heteroatoms. The molecule has 0 unspecified atom stereocenters. The highest BCUT2D eigenvalue weighted by atomic mass is 79.9. The van der Waals surface area contributed by atoms with Gasteiger partial charge in [0, 0.05) is 49.5 Å². The fourth-order valence-electron chi connectivity index (χ4n) is 7.92. The highest BCUT2D eigenvalue weighted by molar-refractivity contribution is 9.10. The van der Waals surface area contributed by atoms with Crippen LogP contribution in [0, 0.1) is 17.3 Å². The van der Waals surface area contributed by atoms with Crippen molar-refractivity contribution >= 4 is 27.7 Å². The van der Waals surface area contributed by atoms with Crippen LogP contribution in [0.3, 0.4) is 0 Å². The largest absolute Gasteiger partial charge is 0.342 e. The summed E-state index contributed by atoms with van der Waals surface area (Å²) in [6, 6.07) is 19.2. The first kappa shape index (κ1) is 28.0. The minimum absolute atomic E-state index is 0.178. The molecule has 0 bridgehead atoms. The molecule has 2 atom stereocenters. The summed E-state index contributed by atoms with van der Waals surface area (Å²) >= 11 is 3.51. The van der Waals surface area contributed by atoms with Crippen LogP contribution in [0.4, 0.5) is 0 Å². The summed E-state index contributed by atoms with van der Waals surface area (Å²) in [6.45, 7) is 6.26. The number of halogens is 1. The van der Waals surface area contributed by atoms with Crippen LogP contribution in [0.2, 0.25) is 0 Å². The molecule has 6 rings (SSSR count). The number of carbonyl (C=O) groups is 2. The SMILES string of the molecule is O=C(CC1CCCCC1)N1C[C@H](CN2CCC3(CC2)CCN(Cc2ccc(Br)cc2)C3=O)[C@@H](c2ccccc2)C1. The molecule has 3 heterocycles. The number of piperidine rings is 1. The van der Waals surface area contributed by atoms with Crippen molar-refractivity contribution in [2.24, 2.45) is 17.3 Å². The van der Waals surface area contributed by atoms with E-state index in [1.54, 1.807) is 0 Å². The second kappa shape index (κ2) is 12.4. The van der Waals surface area contributed by atoms with Crippen LogP contribution in [0.15, 0.2) is 59.1 Å². The van der Waals surface area contributed by atoms with E-state index in [4.69, 9.17) is 0 Å². The summed E-state index contributed by atoms with van der Waals surface area (Å²) in [4.78, 5) is 33.8. The van der Waals surface area contributed by atoms with E-state index in [9.17, 15) is 9.59 Å². The molecule has 4 aliphatic rings. The normalized spacial score (nSPS) is 25.7. The quantitative estimate of drug-likeness (QED) is 0.363. The van der Waals surface area contributed by atoms with E-state index < -0.39 is 0 Å². The second-order valence-corrected chi connectivity index (χ2v) is 13.9. The lowest BCUT2D eigenvalue weighted by Gasteiger charge is -2.39. The lowest BCUT2D eigenvalue weighted by Crippen LogP contribution is -2.46. The zero-order valence-corrected chi connectivity index (χ0v) is 25.4. The standard InChI is InChI=1S/C34H44BrN3O2/c35-30-13-11-27(12-14-30)22-37-20-17-34(33(37)40)15-18-36(19-16-34)23-29-24-38(25-31(29)28-9-5-2-6-10-28)32(39)21-26-7-3-1-4-8-26/h2,5-6,9-14,26,29,31H,1,3-4,7-8,15-25H2/t29-,31+/m0/s1. The van der Waals surface area contributed by atoms with Crippen molar-refractivity contribution in [3.63, 3.8) is 0 Å². The molecule has 3 aliphatic heterocycles. The summed E-state index contributed by atoms with van der Waals surface area (Å²) in [6.07, 6.45) is 9.97. The van der Waals surface area contributed by atoms with Crippen LogP contribution < -0.4 is 0 Å². The van der Waals surface area contributed by atoms with Crippen molar-refractivity contribution in [3.05, 3.63) is 70.2 Å². The molecule has 1 aliphatic carbocycles. The maximum Gasteiger partial charge on any atom is 0.229 e. The molecule has 1 saturated carbocycles. The number of carbonyl (C=O) groups excluding carboxylic acids is 2. The maximum absolute atomic E-state index is 13.6. The Balaban J connectivity index is 1.06. The number of nitrogens with zero attached hydrogens (tertiary/aromatic N) is 3. The van der Waals surface area contributed by atoms with E-state index in [-0.39, 0.29) is 5.41 Å². The zero-order valence-electron chi connectivity index (χ0n) is 23.8. The van der Waals surface area contributed by atoms with Gasteiger partial charge >= 0.3 is 0 Å². The molecule has 3 saturated heterocycles. The Morgan fingerprint density at radius 1 is 0.875 bits per heavy atom. The molecule has 4 fully saturated rings. The fourth-order valence-corrected chi connectivity index (χ4v) is 8.18. The van der Waals surface area contributed by atoms with Crippen molar-refractivity contribution in [3.8, 4) is 0 Å². The van der Waals surface area contributed by atoms with E-state index >= 15 is 0 Å². The van der Waals surface area contributed by atoms with Gasteiger partial charge in [-0.05, 0) is 80.3 Å². The number of hydrogen-bond acceptors (Lipinski definition) is 3. The monoisotopic (exact) mass is 605 g/mol. The van der Waals surface area contributed by atoms with E-state index in [0.717, 1.165) is 69.4 Å². The number of benzene rings is 2. The summed E-state index contributed by atoms with van der Waals surface area (Å²) in [7, 11) is 0. The molecule has 2 aromatic carbocycles. The Morgan fingerprint density at radius 2 is 1.57 bits per heavy atom. The predicted molar refractivity (Wildman–Crippen MR) is 163 cm³/mol. The minimum Gasteiger partial charge on any atom is -0.342 e. The Hall–Kier alpha value is -2.18. The highest BCUT2D eigenvalue weighted by Gasteiger charge is 2.48. The minimum atomic E-state index is -0.178. The third kappa shape index (κ3) is 6.18. The van der Waals surface area contributed by atoms with Crippen molar-refractivity contribution in [1.82, 2.24) is 14.7 Å². The van der Waals surface area contributed by atoms with Gasteiger partial charge < -0.3 is 14.7 Å². The lowest BCUT2D eigenvalue weighted by atomic mass is 9.76. The van der Waals surface area contributed by atoms with E-state index in [0.29, 0.717) is 36.1 Å². The number of rotatable bonds is 7. The third-order valence-corrected chi connectivity index (χ3v) is 10.9. The summed E-state index contributed by atoms with van der Waals surface area (Å²) < 4.78 is 1.07. The maximum atomic E-state index is 13.6. The van der Waals surface area contributed by atoms with Gasteiger partial charge in [0.15, 0.2) is 0 Å². The van der Waals surface area contributed by atoms with Crippen LogP contribution in [0.25, 0.3) is 0 Å². The first-order valence-corrected chi connectivity index (χ1v) is 16.4. The zero-order chi connectivity index (χ0) is 27.5. The molecular formula is C34H44BrN3O2. The summed E-state index contributed by atoms with van der Waals surface area (Å²) in [5.41, 5.74) is 2.38. The van der Waals surface area contributed by atoms with Crippen LogP contribution in [0.5, 0.6) is 0 Å². The second-order valence-electron chi connectivity index (χ2n) is 13.0. The van der Waals surface area contributed by atoms with Crippen LogP contribution in [0.1, 0.15) is 74.8 Å². The van der Waals surface area contributed by atoms with Crippen LogP contribution >= 0.6 is 15.9 Å². The number of amides is 2. The number of likely N-dealkylation sites (tertiary alicyclic amines) is 3. The Morgan fingerprint density at radius 3 is 2.30 bits per heavy atom. The van der Waals surface area contributed by atoms with Crippen LogP contribution in [-0.2, 0) is 16.1 Å². The lowest BCUT2D eigenvalue weighted by molar-refractivity contribution is -0.139. The third-order valence-electron chi connectivity index (χ3n) is 10.4. The summed E-state index contributed by atoms with van der Waals surface area (Å²) in [5, 5.41) is 0. The first-order valence-electron chi connectivity index (χ1n) is 15.6. The van der Waals surface area contributed by atoms with Gasteiger partial charge in [0.1, 0.15) is 0 Å². The molecule has 0 aromatic heterocycles. The Labute approximate surface area is 248 Å². The van der Waals surface area contributed by atoms with Gasteiger partial charge in [-0.1, -0.05) is 77.7 Å². The summed E-state index contributed by atoms with van der Waals surface area (Å²) in [5.74, 6) is 2.15. The van der Waals surface area contributed by atoms with Crippen molar-refractivity contribution in [1.29, 1.82) is 0 Å². The Bertz CT molecular complexity index is 1160. The van der Waals surface area contributed by atoms with E-state index in [2.05, 4.69) is 85.2 Å². The van der Waals surface area contributed by atoms with Gasteiger partial charge in [0.05, 0.1) is 5.41 Å². The van der Waals surface area contributed by atoms with Gasteiger partial charge in [0.2, 0.25) is 11.8 Å². The van der Waals surface area contributed by atoms with Gasteiger partial charge in [-0.25, -0.2) is 0 Å². The smallest absolute Gasteiger partial charge is 0.229 e. The molecule has 214 valence electrons. The molecule has 2 amide bonds.